The van der Waals surface area contributed by atoms with Crippen LogP contribution in [0, 0.1) is 0 Å². The number of carbonyl (C=O) groups excluding carboxylic acids is 1. The average Bonchev–Trinajstić information content (AvgIpc) is 2.28. The summed E-state index contributed by atoms with van der Waals surface area (Å²) in [4.78, 5) is 11.3. The number of Topliss-reactive ketones (excluding diaryl/α,β-unsaturated/α-hetero) is 1. The van der Waals surface area contributed by atoms with Crippen LogP contribution in [0.25, 0.3) is 0 Å². The van der Waals surface area contributed by atoms with Gasteiger partial charge in [-0.2, -0.15) is 0 Å². The van der Waals surface area contributed by atoms with Gasteiger partial charge < -0.3 is 19.7 Å². The molecule has 0 heterocycles. The predicted molar refractivity (Wildman–Crippen MR) is 61.8 cm³/mol. The van der Waals surface area contributed by atoms with Crippen LogP contribution in [0.15, 0.2) is 12.1 Å². The quantitative estimate of drug-likeness (QED) is 0.450. The fourth-order valence-electron chi connectivity index (χ4n) is 1.39. The topological polar surface area (TPSA) is 76.0 Å². The number of hydrogen-bond donors (Lipinski definition) is 2. The largest absolute Gasteiger partial charge is 0.507 e. The second-order valence-electron chi connectivity index (χ2n) is 3.41. The third kappa shape index (κ3) is 3.35. The number of phenolic OH excluding ortho intramolecular Hbond substituents is 2. The molecule has 0 atom stereocenters. The first-order valence-electron chi connectivity index (χ1n) is 5.34. The van der Waals surface area contributed by atoms with E-state index < -0.39 is 0 Å². The Morgan fingerprint density at radius 2 is 1.88 bits per heavy atom. The molecule has 0 saturated carbocycles. The molecule has 0 amide bonds. The Kier molecular flexibility index (Phi) is 4.78. The van der Waals surface area contributed by atoms with Gasteiger partial charge in [0, 0.05) is 6.61 Å². The maximum absolute atomic E-state index is 11.3. The Morgan fingerprint density at radius 3 is 2.47 bits per heavy atom. The number of hydrogen-bond acceptors (Lipinski definition) is 5. The van der Waals surface area contributed by atoms with Crippen LogP contribution in [0.1, 0.15) is 24.2 Å². The number of ketones is 1. The molecule has 0 fully saturated rings. The standard InChI is InChI=1S/C12H16O5/c1-3-16-6-7-17-12-10(15)5-4-9(14)11(12)8(2)13/h4-5,14-15H,3,6-7H2,1-2H3. The van der Waals surface area contributed by atoms with E-state index in [-0.39, 0.29) is 35.2 Å². The fraction of sp³-hybridized carbons (Fsp3) is 0.417. The van der Waals surface area contributed by atoms with Crippen molar-refractivity contribution >= 4 is 5.78 Å². The normalized spacial score (nSPS) is 10.2. The van der Waals surface area contributed by atoms with E-state index in [1.54, 1.807) is 0 Å². The molecule has 0 spiro atoms. The van der Waals surface area contributed by atoms with Gasteiger partial charge in [-0.05, 0) is 26.0 Å². The molecule has 1 aromatic rings. The molecule has 0 aliphatic carbocycles. The number of ether oxygens (including phenoxy) is 2. The van der Waals surface area contributed by atoms with Gasteiger partial charge >= 0.3 is 0 Å². The van der Waals surface area contributed by atoms with E-state index in [9.17, 15) is 15.0 Å². The van der Waals surface area contributed by atoms with Crippen molar-refractivity contribution in [3.8, 4) is 17.2 Å². The first-order valence-corrected chi connectivity index (χ1v) is 5.34. The van der Waals surface area contributed by atoms with E-state index >= 15 is 0 Å². The molecule has 0 radical (unpaired) electrons. The molecular weight excluding hydrogens is 224 g/mol. The first kappa shape index (κ1) is 13.3. The van der Waals surface area contributed by atoms with Gasteiger partial charge in [-0.3, -0.25) is 4.79 Å². The van der Waals surface area contributed by atoms with E-state index in [2.05, 4.69) is 0 Å². The Morgan fingerprint density at radius 1 is 1.24 bits per heavy atom. The van der Waals surface area contributed by atoms with Crippen LogP contribution in [0.3, 0.4) is 0 Å². The number of benzene rings is 1. The zero-order valence-electron chi connectivity index (χ0n) is 9.90. The SMILES string of the molecule is CCOCCOc1c(O)ccc(O)c1C(C)=O. The maximum Gasteiger partial charge on any atom is 0.175 e. The highest BCUT2D eigenvalue weighted by Gasteiger charge is 2.17. The number of aromatic hydroxyl groups is 2. The van der Waals surface area contributed by atoms with Crippen LogP contribution < -0.4 is 4.74 Å². The van der Waals surface area contributed by atoms with Crippen LogP contribution in [0.2, 0.25) is 0 Å². The summed E-state index contributed by atoms with van der Waals surface area (Å²) in [6.07, 6.45) is 0. The summed E-state index contributed by atoms with van der Waals surface area (Å²) < 4.78 is 10.3. The minimum Gasteiger partial charge on any atom is -0.507 e. The van der Waals surface area contributed by atoms with Crippen molar-refractivity contribution < 1.29 is 24.5 Å². The van der Waals surface area contributed by atoms with E-state index in [4.69, 9.17) is 9.47 Å². The molecule has 0 unspecified atom stereocenters. The lowest BCUT2D eigenvalue weighted by atomic mass is 10.1. The highest BCUT2D eigenvalue weighted by molar-refractivity contribution is 6.00. The molecule has 1 rings (SSSR count). The minimum atomic E-state index is -0.371. The van der Waals surface area contributed by atoms with Gasteiger partial charge in [0.1, 0.15) is 17.9 Å². The van der Waals surface area contributed by atoms with Gasteiger partial charge in [-0.25, -0.2) is 0 Å². The first-order chi connectivity index (χ1) is 8.07. The third-order valence-electron chi connectivity index (χ3n) is 2.15. The van der Waals surface area contributed by atoms with E-state index in [1.165, 1.54) is 19.1 Å². The van der Waals surface area contributed by atoms with Crippen LogP contribution >= 0.6 is 0 Å². The molecule has 0 aliphatic heterocycles. The minimum absolute atomic E-state index is 0.00259. The molecule has 17 heavy (non-hydrogen) atoms. The fourth-order valence-corrected chi connectivity index (χ4v) is 1.39. The molecule has 0 aliphatic rings. The Labute approximate surface area is 99.6 Å². The molecule has 2 N–H and O–H groups in total. The second-order valence-corrected chi connectivity index (χ2v) is 3.41. The second kappa shape index (κ2) is 6.10. The lowest BCUT2D eigenvalue weighted by molar-refractivity contribution is 0.0982. The van der Waals surface area contributed by atoms with Crippen molar-refractivity contribution in [3.63, 3.8) is 0 Å². The van der Waals surface area contributed by atoms with E-state index in [0.29, 0.717) is 13.2 Å². The summed E-state index contributed by atoms with van der Waals surface area (Å²) in [5.74, 6) is -0.756. The Balaban J connectivity index is 2.88. The van der Waals surface area contributed by atoms with Gasteiger partial charge in [0.15, 0.2) is 17.3 Å². The molecule has 5 heteroatoms. The van der Waals surface area contributed by atoms with Crippen molar-refractivity contribution in [2.45, 2.75) is 13.8 Å². The summed E-state index contributed by atoms with van der Waals surface area (Å²) in [6.45, 7) is 4.26. The number of carbonyl (C=O) groups is 1. The van der Waals surface area contributed by atoms with Crippen molar-refractivity contribution in [2.24, 2.45) is 0 Å². The maximum atomic E-state index is 11.3. The predicted octanol–water partition coefficient (Wildman–Crippen LogP) is 1.72. The Hall–Kier alpha value is -1.75. The monoisotopic (exact) mass is 240 g/mol. The highest BCUT2D eigenvalue weighted by Crippen LogP contribution is 2.36. The summed E-state index contributed by atoms with van der Waals surface area (Å²) in [5, 5.41) is 19.1. The van der Waals surface area contributed by atoms with Gasteiger partial charge in [0.2, 0.25) is 0 Å². The van der Waals surface area contributed by atoms with Gasteiger partial charge in [-0.1, -0.05) is 0 Å². The van der Waals surface area contributed by atoms with E-state index in [1.807, 2.05) is 6.92 Å². The lowest BCUT2D eigenvalue weighted by Gasteiger charge is -2.12. The number of rotatable bonds is 6. The van der Waals surface area contributed by atoms with E-state index in [0.717, 1.165) is 0 Å². The summed E-state index contributed by atoms with van der Waals surface area (Å²) >= 11 is 0. The summed E-state index contributed by atoms with van der Waals surface area (Å²) in [5.41, 5.74) is -0.0125. The zero-order valence-corrected chi connectivity index (χ0v) is 9.90. The smallest absolute Gasteiger partial charge is 0.175 e. The van der Waals surface area contributed by atoms with Gasteiger partial charge in [0.05, 0.1) is 6.61 Å². The van der Waals surface area contributed by atoms with Crippen molar-refractivity contribution in [1.82, 2.24) is 0 Å². The number of phenols is 2. The van der Waals surface area contributed by atoms with Gasteiger partial charge in [-0.15, -0.1) is 0 Å². The van der Waals surface area contributed by atoms with Crippen LogP contribution in [0.5, 0.6) is 17.2 Å². The molecule has 0 bridgehead atoms. The molecule has 1 aromatic carbocycles. The molecule has 0 aromatic heterocycles. The Bertz CT molecular complexity index is 400. The average molecular weight is 240 g/mol. The molecular formula is C12H16O5. The molecule has 94 valence electrons. The van der Waals surface area contributed by atoms with Crippen LogP contribution in [0.4, 0.5) is 0 Å². The van der Waals surface area contributed by atoms with Gasteiger partial charge in [0.25, 0.3) is 0 Å². The van der Waals surface area contributed by atoms with Crippen molar-refractivity contribution in [1.29, 1.82) is 0 Å². The third-order valence-corrected chi connectivity index (χ3v) is 2.15. The lowest BCUT2D eigenvalue weighted by Crippen LogP contribution is -2.09. The summed E-state index contributed by atoms with van der Waals surface area (Å²) in [6, 6.07) is 2.53. The van der Waals surface area contributed by atoms with Crippen LogP contribution in [-0.4, -0.2) is 35.8 Å². The highest BCUT2D eigenvalue weighted by atomic mass is 16.5. The van der Waals surface area contributed by atoms with Crippen molar-refractivity contribution in [3.05, 3.63) is 17.7 Å². The zero-order chi connectivity index (χ0) is 12.8. The van der Waals surface area contributed by atoms with Crippen molar-refractivity contribution in [2.75, 3.05) is 19.8 Å². The molecule has 0 saturated heterocycles. The summed E-state index contributed by atoms with van der Waals surface area (Å²) in [7, 11) is 0. The van der Waals surface area contributed by atoms with Crippen LogP contribution in [-0.2, 0) is 4.74 Å². The molecule has 5 nitrogen and oxygen atoms in total.